The highest BCUT2D eigenvalue weighted by molar-refractivity contribution is 7.80. The highest BCUT2D eigenvalue weighted by Gasteiger charge is 2.09. The summed E-state index contributed by atoms with van der Waals surface area (Å²) >= 11 is 5.03. The fourth-order valence-electron chi connectivity index (χ4n) is 2.26. The van der Waals surface area contributed by atoms with Crippen molar-refractivity contribution in [1.29, 1.82) is 0 Å². The fraction of sp³-hybridized carbons (Fsp3) is 0.562. The van der Waals surface area contributed by atoms with Gasteiger partial charge in [0.15, 0.2) is 0 Å². The summed E-state index contributed by atoms with van der Waals surface area (Å²) in [6.07, 6.45) is 1.17. The molecule has 0 amide bonds. The van der Waals surface area contributed by atoms with Crippen LogP contribution in [0.1, 0.15) is 24.5 Å². The van der Waals surface area contributed by atoms with E-state index in [2.05, 4.69) is 36.9 Å². The normalized spacial score (nSPS) is 11.1. The molecule has 0 unspecified atom stereocenters. The number of thiocarbonyl (C=S) groups is 1. The maximum Gasteiger partial charge on any atom is 0.129 e. The van der Waals surface area contributed by atoms with E-state index in [4.69, 9.17) is 22.7 Å². The molecule has 0 spiro atoms. The van der Waals surface area contributed by atoms with Gasteiger partial charge < -0.3 is 15.4 Å². The molecule has 0 saturated heterocycles. The molecule has 0 bridgehead atoms. The van der Waals surface area contributed by atoms with Gasteiger partial charge in [-0.2, -0.15) is 0 Å². The van der Waals surface area contributed by atoms with Crippen LogP contribution in [0.25, 0.3) is 0 Å². The summed E-state index contributed by atoms with van der Waals surface area (Å²) in [5.41, 5.74) is 7.72. The van der Waals surface area contributed by atoms with Crippen LogP contribution >= 0.6 is 12.2 Å². The number of rotatable bonds is 9. The van der Waals surface area contributed by atoms with Crippen LogP contribution in [0.15, 0.2) is 18.2 Å². The van der Waals surface area contributed by atoms with E-state index in [-0.39, 0.29) is 0 Å². The third kappa shape index (κ3) is 5.99. The highest BCUT2D eigenvalue weighted by Crippen LogP contribution is 2.21. The van der Waals surface area contributed by atoms with E-state index in [9.17, 15) is 0 Å². The van der Waals surface area contributed by atoms with Crippen molar-refractivity contribution >= 4 is 17.2 Å². The zero-order valence-corrected chi connectivity index (χ0v) is 14.4. The third-order valence-corrected chi connectivity index (χ3v) is 3.68. The summed E-state index contributed by atoms with van der Waals surface area (Å²) in [6, 6.07) is 6.05. The lowest BCUT2D eigenvalue weighted by molar-refractivity contribution is 0.259. The van der Waals surface area contributed by atoms with Crippen molar-refractivity contribution in [3.63, 3.8) is 0 Å². The Morgan fingerprint density at radius 1 is 1.29 bits per heavy atom. The molecule has 21 heavy (non-hydrogen) atoms. The summed E-state index contributed by atoms with van der Waals surface area (Å²) in [5, 5.41) is 0. The Morgan fingerprint density at radius 2 is 2.00 bits per heavy atom. The molecule has 0 heterocycles. The van der Waals surface area contributed by atoms with Gasteiger partial charge in [0.1, 0.15) is 10.7 Å². The summed E-state index contributed by atoms with van der Waals surface area (Å²) in [4.78, 5) is 5.02. The molecule has 5 heteroatoms. The molecular formula is C16H27N3OS. The van der Waals surface area contributed by atoms with Crippen LogP contribution in [0.4, 0.5) is 0 Å². The number of methoxy groups -OCH3 is 1. The van der Waals surface area contributed by atoms with Gasteiger partial charge >= 0.3 is 0 Å². The first kappa shape index (κ1) is 17.9. The number of benzene rings is 1. The minimum atomic E-state index is 0.372. The number of hydrogen-bond donors (Lipinski definition) is 1. The minimum absolute atomic E-state index is 0.372. The SMILES string of the molecule is CCN(CCCN(C)C)Cc1ccc(C(N)=S)c(OC)c1. The molecule has 2 N–H and O–H groups in total. The minimum Gasteiger partial charge on any atom is -0.496 e. The number of hydrogen-bond acceptors (Lipinski definition) is 4. The van der Waals surface area contributed by atoms with Crippen molar-refractivity contribution in [3.05, 3.63) is 29.3 Å². The first-order chi connectivity index (χ1) is 9.97. The van der Waals surface area contributed by atoms with Crippen LogP contribution in [-0.4, -0.2) is 55.6 Å². The molecule has 0 saturated carbocycles. The number of nitrogens with two attached hydrogens (primary N) is 1. The van der Waals surface area contributed by atoms with E-state index in [0.717, 1.165) is 37.5 Å². The van der Waals surface area contributed by atoms with Gasteiger partial charge in [-0.25, -0.2) is 0 Å². The van der Waals surface area contributed by atoms with Gasteiger partial charge in [0.05, 0.1) is 12.7 Å². The van der Waals surface area contributed by atoms with Crippen LogP contribution in [0.5, 0.6) is 5.75 Å². The Hall–Kier alpha value is -1.17. The molecule has 1 aromatic carbocycles. The lowest BCUT2D eigenvalue weighted by Crippen LogP contribution is -2.27. The van der Waals surface area contributed by atoms with Crippen molar-refractivity contribution in [2.45, 2.75) is 19.9 Å². The fourth-order valence-corrected chi connectivity index (χ4v) is 2.42. The molecule has 0 aliphatic heterocycles. The van der Waals surface area contributed by atoms with Gasteiger partial charge in [-0.1, -0.05) is 25.2 Å². The predicted molar refractivity (Wildman–Crippen MR) is 93.0 cm³/mol. The second-order valence-electron chi connectivity index (χ2n) is 5.42. The van der Waals surface area contributed by atoms with E-state index in [1.807, 2.05) is 12.1 Å². The van der Waals surface area contributed by atoms with Gasteiger partial charge in [-0.3, -0.25) is 4.90 Å². The van der Waals surface area contributed by atoms with E-state index in [0.29, 0.717) is 4.99 Å². The molecule has 0 radical (unpaired) electrons. The van der Waals surface area contributed by atoms with E-state index in [1.54, 1.807) is 7.11 Å². The predicted octanol–water partition coefficient (Wildman–Crippen LogP) is 2.10. The number of nitrogens with zero attached hydrogens (tertiary/aromatic N) is 2. The van der Waals surface area contributed by atoms with Crippen LogP contribution in [0.2, 0.25) is 0 Å². The van der Waals surface area contributed by atoms with E-state index < -0.39 is 0 Å². The molecule has 1 rings (SSSR count). The zero-order chi connectivity index (χ0) is 15.8. The van der Waals surface area contributed by atoms with Gasteiger partial charge in [0, 0.05) is 6.54 Å². The zero-order valence-electron chi connectivity index (χ0n) is 13.6. The van der Waals surface area contributed by atoms with Gasteiger partial charge in [-0.05, 0) is 57.8 Å². The largest absolute Gasteiger partial charge is 0.496 e. The maximum atomic E-state index is 5.70. The standard InChI is InChI=1S/C16H27N3OS/c1-5-19(10-6-9-18(2)3)12-13-7-8-14(16(17)21)15(11-13)20-4/h7-8,11H,5-6,9-10,12H2,1-4H3,(H2,17,21). The van der Waals surface area contributed by atoms with Crippen LogP contribution in [0.3, 0.4) is 0 Å². The molecule has 118 valence electrons. The summed E-state index contributed by atoms with van der Waals surface area (Å²) < 4.78 is 5.38. The van der Waals surface area contributed by atoms with E-state index >= 15 is 0 Å². The maximum absolute atomic E-state index is 5.70. The molecule has 0 aliphatic carbocycles. The lowest BCUT2D eigenvalue weighted by Gasteiger charge is -2.22. The quantitative estimate of drug-likeness (QED) is 0.708. The Kier molecular flexibility index (Phi) is 7.64. The Labute approximate surface area is 133 Å². The van der Waals surface area contributed by atoms with Crippen molar-refractivity contribution < 1.29 is 4.74 Å². The van der Waals surface area contributed by atoms with Crippen LogP contribution < -0.4 is 10.5 Å². The Balaban J connectivity index is 2.69. The molecule has 0 atom stereocenters. The molecule has 4 nitrogen and oxygen atoms in total. The number of ether oxygens (including phenoxy) is 1. The van der Waals surface area contributed by atoms with Gasteiger partial charge in [0.25, 0.3) is 0 Å². The smallest absolute Gasteiger partial charge is 0.129 e. The van der Waals surface area contributed by atoms with Gasteiger partial charge in [0.2, 0.25) is 0 Å². The molecule has 1 aromatic rings. The summed E-state index contributed by atoms with van der Waals surface area (Å²) in [5.74, 6) is 0.754. The monoisotopic (exact) mass is 309 g/mol. The first-order valence-electron chi connectivity index (χ1n) is 7.31. The third-order valence-electron chi connectivity index (χ3n) is 3.46. The van der Waals surface area contributed by atoms with Crippen molar-refractivity contribution in [2.75, 3.05) is 40.8 Å². The average molecular weight is 309 g/mol. The topological polar surface area (TPSA) is 41.7 Å². The second kappa shape index (κ2) is 8.97. The van der Waals surface area contributed by atoms with Crippen molar-refractivity contribution in [2.24, 2.45) is 5.73 Å². The molecular weight excluding hydrogens is 282 g/mol. The van der Waals surface area contributed by atoms with Crippen LogP contribution in [-0.2, 0) is 6.54 Å². The van der Waals surface area contributed by atoms with Crippen molar-refractivity contribution in [3.8, 4) is 5.75 Å². The molecule has 0 aliphatic rings. The van der Waals surface area contributed by atoms with Gasteiger partial charge in [-0.15, -0.1) is 0 Å². The second-order valence-corrected chi connectivity index (χ2v) is 5.86. The average Bonchev–Trinajstić information content (AvgIpc) is 2.45. The van der Waals surface area contributed by atoms with Crippen LogP contribution in [0, 0.1) is 0 Å². The molecule has 0 fully saturated rings. The summed E-state index contributed by atoms with van der Waals surface area (Å²) in [6.45, 7) is 6.34. The Bertz CT molecular complexity index is 463. The first-order valence-corrected chi connectivity index (χ1v) is 7.72. The Morgan fingerprint density at radius 3 is 2.52 bits per heavy atom. The summed E-state index contributed by atoms with van der Waals surface area (Å²) in [7, 11) is 5.86. The van der Waals surface area contributed by atoms with E-state index in [1.165, 1.54) is 12.0 Å². The molecule has 0 aromatic heterocycles. The lowest BCUT2D eigenvalue weighted by atomic mass is 10.1. The van der Waals surface area contributed by atoms with Crippen molar-refractivity contribution in [1.82, 2.24) is 9.80 Å². The highest BCUT2D eigenvalue weighted by atomic mass is 32.1.